The van der Waals surface area contributed by atoms with Crippen LogP contribution in [-0.2, 0) is 11.2 Å². The third kappa shape index (κ3) is 3.70. The fraction of sp³-hybridized carbons (Fsp3) is 0.143. The highest BCUT2D eigenvalue weighted by Gasteiger charge is 2.13. The number of rotatable bonds is 4. The number of nitrogens with zero attached hydrogens (tertiary/aromatic N) is 3. The van der Waals surface area contributed by atoms with E-state index in [1.54, 1.807) is 12.1 Å². The van der Waals surface area contributed by atoms with E-state index in [0.29, 0.717) is 11.6 Å². The average Bonchev–Trinajstić information content (AvgIpc) is 2.94. The monoisotopic (exact) mass is 302 g/mol. The summed E-state index contributed by atoms with van der Waals surface area (Å²) < 4.78 is 13.5. The first kappa shape index (κ1) is 14.8. The van der Waals surface area contributed by atoms with Crippen molar-refractivity contribution in [3.05, 3.63) is 46.2 Å². The van der Waals surface area contributed by atoms with Crippen molar-refractivity contribution in [2.75, 3.05) is 5.32 Å². The smallest absolute Gasteiger partial charge is 0.268 e. The number of nitrogens with one attached hydrogen (secondary N) is 1. The van der Waals surface area contributed by atoms with Gasteiger partial charge < -0.3 is 0 Å². The second-order valence-corrected chi connectivity index (χ2v) is 5.06. The molecule has 0 saturated heterocycles. The van der Waals surface area contributed by atoms with Gasteiger partial charge in [-0.25, -0.2) is 4.39 Å². The Labute approximate surface area is 124 Å². The van der Waals surface area contributed by atoms with Crippen molar-refractivity contribution in [3.8, 4) is 6.07 Å². The fourth-order valence-electron chi connectivity index (χ4n) is 1.51. The van der Waals surface area contributed by atoms with E-state index < -0.39 is 11.7 Å². The van der Waals surface area contributed by atoms with Crippen LogP contribution in [0.15, 0.2) is 29.8 Å². The standard InChI is InChI=1S/C14H11FN4OS/c1-2-12-18-19-14(21-12)17-13(20)10(8-16)7-9-5-3-4-6-11(9)15/h3-7H,2H2,1H3,(H,17,19,20)/b10-7+. The van der Waals surface area contributed by atoms with Gasteiger partial charge in [0.15, 0.2) is 0 Å². The Bertz CT molecular complexity index is 733. The molecule has 1 aromatic carbocycles. The fourth-order valence-corrected chi connectivity index (χ4v) is 2.18. The van der Waals surface area contributed by atoms with E-state index in [9.17, 15) is 9.18 Å². The van der Waals surface area contributed by atoms with Crippen LogP contribution >= 0.6 is 11.3 Å². The molecule has 1 heterocycles. The zero-order chi connectivity index (χ0) is 15.2. The quantitative estimate of drug-likeness (QED) is 0.695. The number of aryl methyl sites for hydroxylation is 1. The SMILES string of the molecule is CCc1nnc(NC(=O)/C(C#N)=C/c2ccccc2F)s1. The van der Waals surface area contributed by atoms with Crippen LogP contribution in [0.2, 0.25) is 0 Å². The molecule has 0 aliphatic carbocycles. The second kappa shape index (κ2) is 6.72. The molecule has 0 fully saturated rings. The maximum Gasteiger partial charge on any atom is 0.268 e. The average molecular weight is 302 g/mol. The van der Waals surface area contributed by atoms with E-state index >= 15 is 0 Å². The molecule has 0 saturated carbocycles. The summed E-state index contributed by atoms with van der Waals surface area (Å²) >= 11 is 1.23. The largest absolute Gasteiger partial charge is 0.296 e. The molecule has 1 amide bonds. The number of hydrogen-bond acceptors (Lipinski definition) is 5. The van der Waals surface area contributed by atoms with Gasteiger partial charge in [-0.2, -0.15) is 5.26 Å². The summed E-state index contributed by atoms with van der Waals surface area (Å²) in [6, 6.07) is 7.66. The van der Waals surface area contributed by atoms with E-state index in [4.69, 9.17) is 5.26 Å². The summed E-state index contributed by atoms with van der Waals surface area (Å²) in [6.07, 6.45) is 1.91. The highest BCUT2D eigenvalue weighted by molar-refractivity contribution is 7.15. The number of hydrogen-bond donors (Lipinski definition) is 1. The number of carbonyl (C=O) groups excluding carboxylic acids is 1. The van der Waals surface area contributed by atoms with Gasteiger partial charge in [-0.3, -0.25) is 10.1 Å². The second-order valence-electron chi connectivity index (χ2n) is 4.00. The van der Waals surface area contributed by atoms with Crippen molar-refractivity contribution >= 4 is 28.5 Å². The lowest BCUT2D eigenvalue weighted by Crippen LogP contribution is -2.13. The van der Waals surface area contributed by atoms with Crippen LogP contribution in [0.1, 0.15) is 17.5 Å². The van der Waals surface area contributed by atoms with E-state index in [1.165, 1.54) is 35.6 Å². The third-order valence-corrected chi connectivity index (χ3v) is 3.54. The molecule has 5 nitrogen and oxygen atoms in total. The molecule has 7 heteroatoms. The highest BCUT2D eigenvalue weighted by atomic mass is 32.1. The predicted octanol–water partition coefficient (Wildman–Crippen LogP) is 2.79. The van der Waals surface area contributed by atoms with Gasteiger partial charge in [0.05, 0.1) is 0 Å². The van der Waals surface area contributed by atoms with Crippen LogP contribution in [0, 0.1) is 17.1 Å². The molecule has 1 N–H and O–H groups in total. The van der Waals surface area contributed by atoms with Gasteiger partial charge >= 0.3 is 0 Å². The molecule has 1 aromatic heterocycles. The van der Waals surface area contributed by atoms with Gasteiger partial charge in [0, 0.05) is 5.56 Å². The molecule has 0 aliphatic heterocycles. The third-order valence-electron chi connectivity index (χ3n) is 2.56. The van der Waals surface area contributed by atoms with E-state index in [0.717, 1.165) is 5.01 Å². The molecular weight excluding hydrogens is 291 g/mol. The lowest BCUT2D eigenvalue weighted by Gasteiger charge is -2.00. The van der Waals surface area contributed by atoms with Gasteiger partial charge in [-0.05, 0) is 18.6 Å². The first-order valence-electron chi connectivity index (χ1n) is 6.14. The van der Waals surface area contributed by atoms with Crippen molar-refractivity contribution in [2.45, 2.75) is 13.3 Å². The topological polar surface area (TPSA) is 78.7 Å². The maximum atomic E-state index is 13.5. The van der Waals surface area contributed by atoms with Crippen molar-refractivity contribution in [1.82, 2.24) is 10.2 Å². The molecule has 0 spiro atoms. The number of halogens is 1. The minimum atomic E-state index is -0.639. The number of carbonyl (C=O) groups is 1. The highest BCUT2D eigenvalue weighted by Crippen LogP contribution is 2.17. The molecule has 0 radical (unpaired) electrons. The van der Waals surface area contributed by atoms with E-state index in [-0.39, 0.29) is 11.1 Å². The Kier molecular flexibility index (Phi) is 4.74. The molecule has 0 aliphatic rings. The van der Waals surface area contributed by atoms with Crippen LogP contribution in [0.4, 0.5) is 9.52 Å². The Balaban J connectivity index is 2.19. The molecular formula is C14H11FN4OS. The van der Waals surface area contributed by atoms with Gasteiger partial charge in [0.1, 0.15) is 22.5 Å². The van der Waals surface area contributed by atoms with Crippen molar-refractivity contribution < 1.29 is 9.18 Å². The van der Waals surface area contributed by atoms with Crippen molar-refractivity contribution in [1.29, 1.82) is 5.26 Å². The predicted molar refractivity (Wildman–Crippen MR) is 77.9 cm³/mol. The molecule has 0 bridgehead atoms. The van der Waals surface area contributed by atoms with Gasteiger partial charge in [0.25, 0.3) is 5.91 Å². The normalized spacial score (nSPS) is 11.0. The van der Waals surface area contributed by atoms with Gasteiger partial charge in [-0.15, -0.1) is 10.2 Å². The van der Waals surface area contributed by atoms with Gasteiger partial charge in [-0.1, -0.05) is 36.5 Å². The number of aromatic nitrogens is 2. The number of benzene rings is 1. The Morgan fingerprint density at radius 3 is 2.86 bits per heavy atom. The summed E-state index contributed by atoms with van der Waals surface area (Å²) in [4.78, 5) is 12.0. The zero-order valence-corrected chi connectivity index (χ0v) is 11.9. The number of anilines is 1. The van der Waals surface area contributed by atoms with E-state index in [1.807, 2.05) is 6.92 Å². The van der Waals surface area contributed by atoms with Crippen LogP contribution in [0.25, 0.3) is 6.08 Å². The van der Waals surface area contributed by atoms with Crippen molar-refractivity contribution in [2.24, 2.45) is 0 Å². The number of amides is 1. The summed E-state index contributed by atoms with van der Waals surface area (Å²) in [5.41, 5.74) is -0.0240. The van der Waals surface area contributed by atoms with Crippen LogP contribution in [-0.4, -0.2) is 16.1 Å². The minimum Gasteiger partial charge on any atom is -0.296 e. The minimum absolute atomic E-state index is 0.177. The van der Waals surface area contributed by atoms with Crippen LogP contribution in [0.5, 0.6) is 0 Å². The summed E-state index contributed by atoms with van der Waals surface area (Å²) in [6.45, 7) is 1.92. The molecule has 21 heavy (non-hydrogen) atoms. The lowest BCUT2D eigenvalue weighted by molar-refractivity contribution is -0.112. The molecule has 106 valence electrons. The maximum absolute atomic E-state index is 13.5. The lowest BCUT2D eigenvalue weighted by atomic mass is 10.1. The molecule has 0 atom stereocenters. The molecule has 2 aromatic rings. The first-order chi connectivity index (χ1) is 10.1. The number of nitriles is 1. The summed E-state index contributed by atoms with van der Waals surface area (Å²) in [5, 5.41) is 20.3. The summed E-state index contributed by atoms with van der Waals surface area (Å²) in [7, 11) is 0. The molecule has 0 unspecified atom stereocenters. The summed E-state index contributed by atoms with van der Waals surface area (Å²) in [5.74, 6) is -1.14. The molecule has 2 rings (SSSR count). The first-order valence-corrected chi connectivity index (χ1v) is 6.95. The Morgan fingerprint density at radius 2 is 2.24 bits per heavy atom. The van der Waals surface area contributed by atoms with Crippen LogP contribution < -0.4 is 5.32 Å². The van der Waals surface area contributed by atoms with Crippen molar-refractivity contribution in [3.63, 3.8) is 0 Å². The zero-order valence-electron chi connectivity index (χ0n) is 11.1. The van der Waals surface area contributed by atoms with E-state index in [2.05, 4.69) is 15.5 Å². The Morgan fingerprint density at radius 1 is 1.48 bits per heavy atom. The Hall–Kier alpha value is -2.59. The van der Waals surface area contributed by atoms with Gasteiger partial charge in [0.2, 0.25) is 5.13 Å². The van der Waals surface area contributed by atoms with Crippen LogP contribution in [0.3, 0.4) is 0 Å².